The Morgan fingerprint density at radius 3 is 2.50 bits per heavy atom. The van der Waals surface area contributed by atoms with E-state index in [9.17, 15) is 22.8 Å². The number of ether oxygens (including phenoxy) is 3. The van der Waals surface area contributed by atoms with Gasteiger partial charge < -0.3 is 19.5 Å². The average molecular weight is 396 g/mol. The van der Waals surface area contributed by atoms with Gasteiger partial charge in [0.2, 0.25) is 0 Å². The SMILES string of the molecule is O=C(COc1ccccc1C(F)(F)F)NC(=O)Nc1ccc2c(c1)OCCO2. The highest BCUT2D eigenvalue weighted by molar-refractivity contribution is 6.01. The Morgan fingerprint density at radius 1 is 1.04 bits per heavy atom. The molecule has 1 heterocycles. The number of rotatable bonds is 4. The highest BCUT2D eigenvalue weighted by Crippen LogP contribution is 2.36. The average Bonchev–Trinajstić information content (AvgIpc) is 2.65. The number of para-hydroxylation sites is 1. The lowest BCUT2D eigenvalue weighted by Crippen LogP contribution is -2.37. The van der Waals surface area contributed by atoms with Crippen LogP contribution < -0.4 is 24.8 Å². The summed E-state index contributed by atoms with van der Waals surface area (Å²) in [6.45, 7) is 0.0335. The third-order valence-electron chi connectivity index (χ3n) is 3.60. The van der Waals surface area contributed by atoms with Crippen LogP contribution in [0.3, 0.4) is 0 Å². The second-order valence-corrected chi connectivity index (χ2v) is 5.64. The number of carbonyl (C=O) groups is 2. The lowest BCUT2D eigenvalue weighted by atomic mass is 10.2. The number of alkyl halides is 3. The molecule has 2 aromatic carbocycles. The van der Waals surface area contributed by atoms with Crippen LogP contribution in [0.25, 0.3) is 0 Å². The highest BCUT2D eigenvalue weighted by atomic mass is 19.4. The summed E-state index contributed by atoms with van der Waals surface area (Å²) in [5.41, 5.74) is -0.665. The first-order chi connectivity index (χ1) is 13.3. The maximum Gasteiger partial charge on any atom is 0.419 e. The number of hydrogen-bond donors (Lipinski definition) is 2. The van der Waals surface area contributed by atoms with E-state index in [2.05, 4.69) is 5.32 Å². The quantitative estimate of drug-likeness (QED) is 0.829. The van der Waals surface area contributed by atoms with E-state index in [0.29, 0.717) is 30.4 Å². The van der Waals surface area contributed by atoms with E-state index < -0.39 is 36.0 Å². The van der Waals surface area contributed by atoms with Gasteiger partial charge in [0, 0.05) is 11.8 Å². The summed E-state index contributed by atoms with van der Waals surface area (Å²) >= 11 is 0. The smallest absolute Gasteiger partial charge is 0.419 e. The van der Waals surface area contributed by atoms with Crippen molar-refractivity contribution in [3.63, 3.8) is 0 Å². The molecule has 3 rings (SSSR count). The van der Waals surface area contributed by atoms with Gasteiger partial charge in [-0.2, -0.15) is 13.2 Å². The van der Waals surface area contributed by atoms with Crippen LogP contribution >= 0.6 is 0 Å². The van der Waals surface area contributed by atoms with Crippen LogP contribution in [0.2, 0.25) is 0 Å². The van der Waals surface area contributed by atoms with Crippen molar-refractivity contribution in [2.45, 2.75) is 6.18 Å². The van der Waals surface area contributed by atoms with Gasteiger partial charge in [-0.25, -0.2) is 4.79 Å². The molecular weight excluding hydrogens is 381 g/mol. The van der Waals surface area contributed by atoms with Crippen molar-refractivity contribution < 1.29 is 37.0 Å². The van der Waals surface area contributed by atoms with E-state index in [1.165, 1.54) is 18.2 Å². The van der Waals surface area contributed by atoms with Crippen molar-refractivity contribution in [1.29, 1.82) is 0 Å². The molecule has 2 N–H and O–H groups in total. The first-order valence-corrected chi connectivity index (χ1v) is 8.12. The van der Waals surface area contributed by atoms with Gasteiger partial charge in [-0.15, -0.1) is 0 Å². The van der Waals surface area contributed by atoms with Crippen LogP contribution in [-0.4, -0.2) is 31.8 Å². The first kappa shape index (κ1) is 19.3. The molecule has 0 fully saturated rings. The van der Waals surface area contributed by atoms with Crippen molar-refractivity contribution in [1.82, 2.24) is 5.32 Å². The molecule has 3 amide bonds. The summed E-state index contributed by atoms with van der Waals surface area (Å²) in [5, 5.41) is 4.38. The Kier molecular flexibility index (Phi) is 5.57. The fourth-order valence-corrected chi connectivity index (χ4v) is 2.42. The number of anilines is 1. The van der Waals surface area contributed by atoms with Gasteiger partial charge in [0.1, 0.15) is 19.0 Å². The van der Waals surface area contributed by atoms with Crippen LogP contribution in [-0.2, 0) is 11.0 Å². The first-order valence-electron chi connectivity index (χ1n) is 8.12. The zero-order valence-electron chi connectivity index (χ0n) is 14.3. The number of nitrogens with one attached hydrogen (secondary N) is 2. The van der Waals surface area contributed by atoms with Crippen LogP contribution in [0.15, 0.2) is 42.5 Å². The van der Waals surface area contributed by atoms with E-state index in [1.54, 1.807) is 12.1 Å². The third kappa shape index (κ3) is 4.84. The molecule has 7 nitrogen and oxygen atoms in total. The van der Waals surface area contributed by atoms with Gasteiger partial charge in [0.05, 0.1) is 5.56 Å². The molecule has 0 aromatic heterocycles. The number of urea groups is 1. The molecule has 0 radical (unpaired) electrons. The number of carbonyl (C=O) groups excluding carboxylic acids is 2. The van der Waals surface area contributed by atoms with E-state index >= 15 is 0 Å². The highest BCUT2D eigenvalue weighted by Gasteiger charge is 2.34. The van der Waals surface area contributed by atoms with E-state index in [-0.39, 0.29) is 0 Å². The molecule has 28 heavy (non-hydrogen) atoms. The number of imide groups is 1. The molecule has 0 aliphatic carbocycles. The van der Waals surface area contributed by atoms with Crippen LogP contribution in [0.5, 0.6) is 17.2 Å². The van der Waals surface area contributed by atoms with Gasteiger partial charge in [-0.3, -0.25) is 10.1 Å². The molecule has 1 aliphatic rings. The number of fused-ring (bicyclic) bond motifs is 1. The van der Waals surface area contributed by atoms with Crippen molar-refractivity contribution >= 4 is 17.6 Å². The molecule has 0 spiro atoms. The molecule has 148 valence electrons. The maximum atomic E-state index is 12.9. The van der Waals surface area contributed by atoms with Crippen molar-refractivity contribution in [2.75, 3.05) is 25.1 Å². The summed E-state index contributed by atoms with van der Waals surface area (Å²) in [6.07, 6.45) is -4.62. The van der Waals surface area contributed by atoms with E-state index in [4.69, 9.17) is 14.2 Å². The van der Waals surface area contributed by atoms with Gasteiger partial charge in [0.15, 0.2) is 18.1 Å². The molecule has 0 bridgehead atoms. The van der Waals surface area contributed by atoms with E-state index in [0.717, 1.165) is 12.1 Å². The van der Waals surface area contributed by atoms with Gasteiger partial charge >= 0.3 is 12.2 Å². The Morgan fingerprint density at radius 2 is 1.75 bits per heavy atom. The molecule has 0 unspecified atom stereocenters. The summed E-state index contributed by atoms with van der Waals surface area (Å²) in [4.78, 5) is 23.7. The normalized spacial score (nSPS) is 12.8. The number of benzene rings is 2. The number of amides is 3. The fourth-order valence-electron chi connectivity index (χ4n) is 2.42. The van der Waals surface area contributed by atoms with Crippen molar-refractivity contribution in [2.24, 2.45) is 0 Å². The fraction of sp³-hybridized carbons (Fsp3) is 0.222. The number of hydrogen-bond acceptors (Lipinski definition) is 5. The molecule has 0 atom stereocenters. The Balaban J connectivity index is 1.53. The van der Waals surface area contributed by atoms with E-state index in [1.807, 2.05) is 5.32 Å². The summed E-state index contributed by atoms with van der Waals surface area (Å²) in [5.74, 6) is -0.433. The zero-order chi connectivity index (χ0) is 20.1. The Labute approximate surface area is 157 Å². The lowest BCUT2D eigenvalue weighted by molar-refractivity contribution is -0.139. The minimum atomic E-state index is -4.62. The topological polar surface area (TPSA) is 85.9 Å². The molecule has 0 saturated carbocycles. The van der Waals surface area contributed by atoms with Crippen molar-refractivity contribution in [3.05, 3.63) is 48.0 Å². The Hall–Kier alpha value is -3.43. The monoisotopic (exact) mass is 396 g/mol. The Bertz CT molecular complexity index is 886. The van der Waals surface area contributed by atoms with Gasteiger partial charge in [0.25, 0.3) is 5.91 Å². The summed E-state index contributed by atoms with van der Waals surface area (Å²) in [6, 6.07) is 8.28. The molecule has 0 saturated heterocycles. The maximum absolute atomic E-state index is 12.9. The van der Waals surface area contributed by atoms with Crippen LogP contribution in [0.4, 0.5) is 23.7 Å². The van der Waals surface area contributed by atoms with Crippen molar-refractivity contribution in [3.8, 4) is 17.2 Å². The molecular formula is C18H15F3N2O5. The standard InChI is InChI=1S/C18H15F3N2O5/c19-18(20,21)12-3-1-2-4-13(12)28-10-16(24)23-17(25)22-11-5-6-14-15(9-11)27-8-7-26-14/h1-6,9H,7-8,10H2,(H2,22,23,24,25). The lowest BCUT2D eigenvalue weighted by Gasteiger charge is -2.19. The molecule has 2 aromatic rings. The van der Waals surface area contributed by atoms with Gasteiger partial charge in [-0.1, -0.05) is 12.1 Å². The second kappa shape index (κ2) is 8.07. The third-order valence-corrected chi connectivity index (χ3v) is 3.60. The minimum absolute atomic E-state index is 0.345. The predicted octanol–water partition coefficient (Wildman–Crippen LogP) is 3.20. The largest absolute Gasteiger partial charge is 0.486 e. The minimum Gasteiger partial charge on any atom is -0.486 e. The molecule has 10 heteroatoms. The zero-order valence-corrected chi connectivity index (χ0v) is 14.3. The van der Waals surface area contributed by atoms with Crippen LogP contribution in [0, 0.1) is 0 Å². The number of halogens is 3. The predicted molar refractivity (Wildman–Crippen MR) is 91.5 cm³/mol. The molecule has 1 aliphatic heterocycles. The van der Waals surface area contributed by atoms with Crippen LogP contribution in [0.1, 0.15) is 5.56 Å². The second-order valence-electron chi connectivity index (χ2n) is 5.64. The van der Waals surface area contributed by atoms with Gasteiger partial charge in [-0.05, 0) is 24.3 Å². The summed E-state index contributed by atoms with van der Waals surface area (Å²) < 4.78 is 54.3. The summed E-state index contributed by atoms with van der Waals surface area (Å²) in [7, 11) is 0.